The maximum atomic E-state index is 12.7. The fourth-order valence-electron chi connectivity index (χ4n) is 3.58. The van der Waals surface area contributed by atoms with Crippen molar-refractivity contribution in [1.29, 1.82) is 0 Å². The van der Waals surface area contributed by atoms with Crippen LogP contribution in [0.15, 0.2) is 53.4 Å². The minimum Gasteiger partial charge on any atom is -0.484 e. The van der Waals surface area contributed by atoms with Crippen molar-refractivity contribution in [3.63, 3.8) is 0 Å². The van der Waals surface area contributed by atoms with E-state index >= 15 is 0 Å². The first-order valence-corrected chi connectivity index (χ1v) is 11.9. The number of nitrogens with one attached hydrogen (secondary N) is 1. The number of nitrogens with zero attached hydrogens (tertiary/aromatic N) is 1. The van der Waals surface area contributed by atoms with Crippen molar-refractivity contribution in [2.75, 3.05) is 19.7 Å². The van der Waals surface area contributed by atoms with Crippen LogP contribution in [0.1, 0.15) is 37.3 Å². The maximum absolute atomic E-state index is 12.7. The molecule has 0 spiro atoms. The highest BCUT2D eigenvalue weighted by Gasteiger charge is 2.27. The van der Waals surface area contributed by atoms with Crippen LogP contribution in [0.5, 0.6) is 5.75 Å². The number of amides is 1. The van der Waals surface area contributed by atoms with E-state index in [1.165, 1.54) is 9.87 Å². The summed E-state index contributed by atoms with van der Waals surface area (Å²) in [4.78, 5) is 12.5. The Bertz CT molecular complexity index is 954. The summed E-state index contributed by atoms with van der Waals surface area (Å²) < 4.78 is 32.5. The molecular weight excluding hydrogens is 400 g/mol. The van der Waals surface area contributed by atoms with Gasteiger partial charge in [0.1, 0.15) is 5.75 Å². The lowest BCUT2D eigenvalue weighted by Gasteiger charge is -2.17. The van der Waals surface area contributed by atoms with Crippen LogP contribution in [-0.2, 0) is 21.2 Å². The Morgan fingerprint density at radius 3 is 2.50 bits per heavy atom. The number of aryl methyl sites for hydroxylation is 2. The van der Waals surface area contributed by atoms with Crippen molar-refractivity contribution >= 4 is 15.9 Å². The van der Waals surface area contributed by atoms with Crippen LogP contribution < -0.4 is 10.1 Å². The van der Waals surface area contributed by atoms with Crippen LogP contribution in [-0.4, -0.2) is 44.4 Å². The Labute approximate surface area is 179 Å². The highest BCUT2D eigenvalue weighted by Crippen LogP contribution is 2.26. The summed E-state index contributed by atoms with van der Waals surface area (Å²) in [6.07, 6.45) is 3.55. The van der Waals surface area contributed by atoms with E-state index < -0.39 is 10.0 Å². The molecule has 0 saturated carbocycles. The molecule has 1 aliphatic rings. The first-order valence-electron chi connectivity index (χ1n) is 10.4. The molecule has 30 heavy (non-hydrogen) atoms. The maximum Gasteiger partial charge on any atom is 0.258 e. The predicted octanol–water partition coefficient (Wildman–Crippen LogP) is 3.30. The van der Waals surface area contributed by atoms with Gasteiger partial charge in [0.15, 0.2) is 6.61 Å². The van der Waals surface area contributed by atoms with Gasteiger partial charge in [-0.2, -0.15) is 4.31 Å². The monoisotopic (exact) mass is 430 g/mol. The molecule has 6 nitrogen and oxygen atoms in total. The fourth-order valence-corrected chi connectivity index (χ4v) is 5.18. The van der Waals surface area contributed by atoms with E-state index in [0.717, 1.165) is 25.7 Å². The second-order valence-electron chi connectivity index (χ2n) is 7.82. The normalized spacial score (nSPS) is 15.7. The van der Waals surface area contributed by atoms with Crippen LogP contribution >= 0.6 is 0 Å². The lowest BCUT2D eigenvalue weighted by molar-refractivity contribution is -0.123. The Morgan fingerprint density at radius 2 is 1.83 bits per heavy atom. The number of sulfonamides is 1. The molecule has 7 heteroatoms. The Morgan fingerprint density at radius 1 is 1.13 bits per heavy atom. The van der Waals surface area contributed by atoms with Crippen LogP contribution in [0.4, 0.5) is 0 Å². The van der Waals surface area contributed by atoms with Gasteiger partial charge in [0, 0.05) is 19.1 Å². The second-order valence-corrected chi connectivity index (χ2v) is 9.76. The van der Waals surface area contributed by atoms with E-state index in [4.69, 9.17) is 4.74 Å². The van der Waals surface area contributed by atoms with Gasteiger partial charge in [-0.25, -0.2) is 8.42 Å². The summed E-state index contributed by atoms with van der Waals surface area (Å²) in [5.74, 6) is 0.325. The molecule has 1 amide bonds. The Hall–Kier alpha value is -2.38. The zero-order valence-corrected chi connectivity index (χ0v) is 18.5. The molecule has 1 fully saturated rings. The van der Waals surface area contributed by atoms with Crippen molar-refractivity contribution < 1.29 is 17.9 Å². The van der Waals surface area contributed by atoms with Gasteiger partial charge >= 0.3 is 0 Å². The number of benzene rings is 2. The molecule has 1 N–H and O–H groups in total. The van der Waals surface area contributed by atoms with Crippen molar-refractivity contribution in [3.8, 4) is 5.75 Å². The van der Waals surface area contributed by atoms with E-state index in [2.05, 4.69) is 17.4 Å². The van der Waals surface area contributed by atoms with Gasteiger partial charge in [-0.15, -0.1) is 0 Å². The second kappa shape index (κ2) is 10.1. The molecule has 0 aromatic heterocycles. The highest BCUT2D eigenvalue weighted by molar-refractivity contribution is 7.89. The first kappa shape index (κ1) is 22.3. The third-order valence-electron chi connectivity index (χ3n) is 5.32. The molecule has 162 valence electrons. The number of ether oxygens (including phenoxy) is 1. The number of hydrogen-bond acceptors (Lipinski definition) is 4. The van der Waals surface area contributed by atoms with Gasteiger partial charge in [-0.05, 0) is 68.9 Å². The SMILES string of the molecule is Cc1cc(S(=O)(=O)N2CCCC2)ccc1OCC(=O)N[C@@H](C)CCc1ccccc1. The summed E-state index contributed by atoms with van der Waals surface area (Å²) in [5, 5.41) is 2.95. The summed E-state index contributed by atoms with van der Waals surface area (Å²) >= 11 is 0. The van der Waals surface area contributed by atoms with Gasteiger partial charge in [-0.3, -0.25) is 4.79 Å². The lowest BCUT2D eigenvalue weighted by atomic mass is 10.1. The van der Waals surface area contributed by atoms with Crippen molar-refractivity contribution in [3.05, 3.63) is 59.7 Å². The molecule has 1 saturated heterocycles. The molecule has 0 radical (unpaired) electrons. The van der Waals surface area contributed by atoms with Crippen LogP contribution in [0.25, 0.3) is 0 Å². The largest absolute Gasteiger partial charge is 0.484 e. The first-order chi connectivity index (χ1) is 14.4. The summed E-state index contributed by atoms with van der Waals surface area (Å²) in [6.45, 7) is 4.81. The predicted molar refractivity (Wildman–Crippen MR) is 117 cm³/mol. The fraction of sp³-hybridized carbons (Fsp3) is 0.435. The molecule has 0 unspecified atom stereocenters. The quantitative estimate of drug-likeness (QED) is 0.662. The molecule has 0 bridgehead atoms. The molecule has 3 rings (SSSR count). The summed E-state index contributed by atoms with van der Waals surface area (Å²) in [7, 11) is -3.46. The number of carbonyl (C=O) groups is 1. The van der Waals surface area contributed by atoms with Crippen molar-refractivity contribution in [1.82, 2.24) is 9.62 Å². The van der Waals surface area contributed by atoms with Crippen molar-refractivity contribution in [2.24, 2.45) is 0 Å². The third-order valence-corrected chi connectivity index (χ3v) is 7.22. The highest BCUT2D eigenvalue weighted by atomic mass is 32.2. The van der Waals surface area contributed by atoms with Crippen LogP contribution in [0.2, 0.25) is 0 Å². The van der Waals surface area contributed by atoms with E-state index in [9.17, 15) is 13.2 Å². The van der Waals surface area contributed by atoms with Crippen LogP contribution in [0.3, 0.4) is 0 Å². The topological polar surface area (TPSA) is 75.7 Å². The van der Waals surface area contributed by atoms with E-state index in [1.54, 1.807) is 25.1 Å². The average molecular weight is 431 g/mol. The molecule has 1 aliphatic heterocycles. The van der Waals surface area contributed by atoms with Crippen molar-refractivity contribution in [2.45, 2.75) is 50.5 Å². The minimum absolute atomic E-state index is 0.0374. The lowest BCUT2D eigenvalue weighted by Crippen LogP contribution is -2.36. The summed E-state index contributed by atoms with van der Waals surface area (Å²) in [5.41, 5.74) is 1.94. The van der Waals surface area contributed by atoms with E-state index in [1.807, 2.05) is 25.1 Å². The molecule has 1 heterocycles. The smallest absolute Gasteiger partial charge is 0.258 e. The van der Waals surface area contributed by atoms with E-state index in [-0.39, 0.29) is 23.5 Å². The van der Waals surface area contributed by atoms with Gasteiger partial charge in [0.2, 0.25) is 10.0 Å². The standard InChI is InChI=1S/C23H30N2O4S/c1-18-16-21(30(27,28)25-14-6-7-15-25)12-13-22(18)29-17-23(26)24-19(2)10-11-20-8-4-3-5-9-20/h3-5,8-9,12-13,16,19H,6-7,10-11,14-15,17H2,1-2H3,(H,24,26)/t19-/m0/s1. The molecule has 1 atom stereocenters. The van der Waals surface area contributed by atoms with Gasteiger partial charge in [-0.1, -0.05) is 30.3 Å². The van der Waals surface area contributed by atoms with Gasteiger partial charge < -0.3 is 10.1 Å². The molecule has 0 aliphatic carbocycles. The molecule has 2 aromatic rings. The summed E-state index contributed by atoms with van der Waals surface area (Å²) in [6, 6.07) is 15.0. The average Bonchev–Trinajstić information content (AvgIpc) is 3.28. The zero-order valence-electron chi connectivity index (χ0n) is 17.6. The van der Waals surface area contributed by atoms with E-state index in [0.29, 0.717) is 24.4 Å². The third kappa shape index (κ3) is 5.83. The number of carbonyl (C=O) groups excluding carboxylic acids is 1. The Kier molecular flexibility index (Phi) is 7.50. The van der Waals surface area contributed by atoms with Gasteiger partial charge in [0.25, 0.3) is 5.91 Å². The van der Waals surface area contributed by atoms with Gasteiger partial charge in [0.05, 0.1) is 4.90 Å². The molecular formula is C23H30N2O4S. The number of rotatable bonds is 9. The zero-order chi connectivity index (χ0) is 21.6. The Balaban J connectivity index is 1.49. The number of hydrogen-bond donors (Lipinski definition) is 1. The van der Waals surface area contributed by atoms with Crippen LogP contribution in [0, 0.1) is 6.92 Å². The molecule has 2 aromatic carbocycles. The minimum atomic E-state index is -3.46.